The molecule has 0 bridgehead atoms. The summed E-state index contributed by atoms with van der Waals surface area (Å²) in [7, 11) is -3.78. The quantitative estimate of drug-likeness (QED) is 0.173. The Morgan fingerprint density at radius 2 is 1.03 bits per heavy atom. The summed E-state index contributed by atoms with van der Waals surface area (Å²) < 4.78 is 32.4. The van der Waals surface area contributed by atoms with Gasteiger partial charge in [-0.2, -0.15) is 0 Å². The van der Waals surface area contributed by atoms with Crippen LogP contribution in [0.1, 0.15) is 68.7 Å². The number of ether oxygens (including phenoxy) is 1. The van der Waals surface area contributed by atoms with Crippen LogP contribution in [-0.4, -0.2) is 13.5 Å². The number of hydrogen-bond acceptors (Lipinski definition) is 4. The lowest BCUT2D eigenvalue weighted by Gasteiger charge is -2.09. The van der Waals surface area contributed by atoms with Crippen molar-refractivity contribution in [1.29, 1.82) is 0 Å². The van der Waals surface area contributed by atoms with E-state index in [-0.39, 0.29) is 15.6 Å². The molecular weight excluding hydrogens is 504 g/mol. The summed E-state index contributed by atoms with van der Waals surface area (Å²) in [6.07, 6.45) is 29.4. The first-order valence-corrected chi connectivity index (χ1v) is 14.7. The molecule has 0 fully saturated rings. The number of allylic oxidation sites excluding steroid dienone is 19. The van der Waals surface area contributed by atoms with Crippen molar-refractivity contribution in [2.45, 2.75) is 68.7 Å². The standard InChI is InChI=1S/C34H46O4S/c1-10-27(11-2)19-20-28(12-3)29(13-4)21-23-31(15-6)38-32(16-7)24-26-34(18-9)39(36,37)33(17-8)25-22-30(35)14-5/h10,12-26,35H,11H2,1-9H3/b20-19-,23-21-,25-22-,26-24-,27-10-,28-12+,29-13?,30-14+,31-15+,32-16+,33-17+,34-18+. The topological polar surface area (TPSA) is 63.6 Å². The second kappa shape index (κ2) is 19.5. The molecule has 0 aromatic rings. The van der Waals surface area contributed by atoms with Crippen molar-refractivity contribution in [2.24, 2.45) is 0 Å². The van der Waals surface area contributed by atoms with Crippen LogP contribution in [0.4, 0.5) is 0 Å². The zero-order chi connectivity index (χ0) is 29.8. The van der Waals surface area contributed by atoms with Gasteiger partial charge in [-0.1, -0.05) is 61.1 Å². The number of aliphatic hydroxyl groups excluding tert-OH is 1. The van der Waals surface area contributed by atoms with Crippen LogP contribution in [0.5, 0.6) is 0 Å². The SMILES string of the molecule is CC=C(/C=C\C(=C/C)OC(/C=C\C(=C/C)S(=O)(=O)C(/C=C\C(O)=C/C)=C/C)=C/C)C(/C=C\C(=C/C)CC)=C/C. The Labute approximate surface area is 237 Å². The largest absolute Gasteiger partial charge is 0.508 e. The van der Waals surface area contributed by atoms with Crippen molar-refractivity contribution in [2.75, 3.05) is 0 Å². The van der Waals surface area contributed by atoms with E-state index in [0.717, 1.165) is 17.6 Å². The molecule has 0 rings (SSSR count). The third kappa shape index (κ3) is 12.2. The summed E-state index contributed by atoms with van der Waals surface area (Å²) in [5.74, 6) is 1.11. The van der Waals surface area contributed by atoms with Gasteiger partial charge in [0.05, 0.1) is 9.81 Å². The van der Waals surface area contributed by atoms with E-state index in [4.69, 9.17) is 4.74 Å². The summed E-state index contributed by atoms with van der Waals surface area (Å²) in [5.41, 5.74) is 3.42. The van der Waals surface area contributed by atoms with E-state index < -0.39 is 9.84 Å². The van der Waals surface area contributed by atoms with Gasteiger partial charge in [0.1, 0.15) is 17.3 Å². The van der Waals surface area contributed by atoms with E-state index in [1.54, 1.807) is 32.9 Å². The highest BCUT2D eigenvalue weighted by atomic mass is 32.2. The van der Waals surface area contributed by atoms with Gasteiger partial charge in [0.15, 0.2) is 0 Å². The lowest BCUT2D eigenvalue weighted by molar-refractivity contribution is 0.334. The monoisotopic (exact) mass is 550 g/mol. The van der Waals surface area contributed by atoms with Crippen molar-refractivity contribution < 1.29 is 18.3 Å². The van der Waals surface area contributed by atoms with Crippen molar-refractivity contribution in [3.05, 3.63) is 141 Å². The first-order chi connectivity index (χ1) is 18.6. The molecule has 0 spiro atoms. The van der Waals surface area contributed by atoms with Gasteiger partial charge in [-0.05, 0) is 122 Å². The number of hydrogen-bond donors (Lipinski definition) is 1. The Kier molecular flexibility index (Phi) is 17.7. The Balaban J connectivity index is 5.88. The zero-order valence-electron chi connectivity index (χ0n) is 25.0. The molecule has 39 heavy (non-hydrogen) atoms. The number of aliphatic hydroxyl groups is 1. The second-order valence-corrected chi connectivity index (χ2v) is 10.1. The van der Waals surface area contributed by atoms with Crippen molar-refractivity contribution in [3.8, 4) is 0 Å². The molecule has 4 nitrogen and oxygen atoms in total. The minimum Gasteiger partial charge on any atom is -0.508 e. The maximum Gasteiger partial charge on any atom is 0.205 e. The first kappa shape index (κ1) is 35.4. The van der Waals surface area contributed by atoms with E-state index in [2.05, 4.69) is 31.2 Å². The second-order valence-electron chi connectivity index (χ2n) is 8.12. The number of sulfone groups is 1. The molecule has 0 heterocycles. The summed E-state index contributed by atoms with van der Waals surface area (Å²) >= 11 is 0. The van der Waals surface area contributed by atoms with Crippen LogP contribution in [0, 0.1) is 0 Å². The molecule has 0 radical (unpaired) electrons. The molecule has 0 unspecified atom stereocenters. The smallest absolute Gasteiger partial charge is 0.205 e. The molecule has 0 saturated heterocycles. The minimum atomic E-state index is -3.78. The lowest BCUT2D eigenvalue weighted by Crippen LogP contribution is -2.04. The summed E-state index contributed by atoms with van der Waals surface area (Å²) in [4.78, 5) is 0.205. The summed E-state index contributed by atoms with van der Waals surface area (Å²) in [6, 6.07) is 0. The predicted molar refractivity (Wildman–Crippen MR) is 170 cm³/mol. The van der Waals surface area contributed by atoms with Crippen molar-refractivity contribution in [3.63, 3.8) is 0 Å². The minimum absolute atomic E-state index is 0.0131. The van der Waals surface area contributed by atoms with Crippen LogP contribution in [0.15, 0.2) is 141 Å². The molecular formula is C34H46O4S. The van der Waals surface area contributed by atoms with E-state index in [1.807, 2.05) is 58.9 Å². The molecule has 212 valence electrons. The number of rotatable bonds is 14. The van der Waals surface area contributed by atoms with Gasteiger partial charge in [-0.25, -0.2) is 8.42 Å². The van der Waals surface area contributed by atoms with E-state index in [0.29, 0.717) is 11.5 Å². The third-order valence-electron chi connectivity index (χ3n) is 5.76. The molecule has 0 aliphatic carbocycles. The Hall–Kier alpha value is -3.57. The fraction of sp³-hybridized carbons (Fsp3) is 0.294. The van der Waals surface area contributed by atoms with E-state index >= 15 is 0 Å². The highest BCUT2D eigenvalue weighted by molar-refractivity contribution is 7.99. The van der Waals surface area contributed by atoms with Crippen LogP contribution in [0.25, 0.3) is 0 Å². The average Bonchev–Trinajstić information content (AvgIpc) is 2.94. The van der Waals surface area contributed by atoms with E-state index in [9.17, 15) is 13.5 Å². The van der Waals surface area contributed by atoms with E-state index in [1.165, 1.54) is 42.0 Å². The van der Waals surface area contributed by atoms with Gasteiger partial charge in [-0.15, -0.1) is 0 Å². The highest BCUT2D eigenvalue weighted by Gasteiger charge is 2.18. The molecule has 5 heteroatoms. The molecule has 0 saturated carbocycles. The summed E-state index contributed by atoms with van der Waals surface area (Å²) in [6.45, 7) is 16.9. The highest BCUT2D eigenvalue weighted by Crippen LogP contribution is 2.22. The van der Waals surface area contributed by atoms with Crippen LogP contribution < -0.4 is 0 Å². The molecule has 0 amide bonds. The van der Waals surface area contributed by atoms with Crippen LogP contribution in [-0.2, 0) is 14.6 Å². The van der Waals surface area contributed by atoms with Crippen LogP contribution in [0.2, 0.25) is 0 Å². The molecule has 0 aliphatic rings. The van der Waals surface area contributed by atoms with Crippen LogP contribution in [0.3, 0.4) is 0 Å². The molecule has 0 aliphatic heterocycles. The average molecular weight is 551 g/mol. The van der Waals surface area contributed by atoms with Gasteiger partial charge in [-0.3, -0.25) is 0 Å². The fourth-order valence-corrected chi connectivity index (χ4v) is 4.65. The maximum absolute atomic E-state index is 13.2. The summed E-state index contributed by atoms with van der Waals surface area (Å²) in [5, 5.41) is 9.66. The molecule has 0 aromatic carbocycles. The lowest BCUT2D eigenvalue weighted by atomic mass is 10.0. The zero-order valence-corrected chi connectivity index (χ0v) is 25.8. The third-order valence-corrected chi connectivity index (χ3v) is 7.74. The molecule has 0 aromatic heterocycles. The normalized spacial score (nSPS) is 16.5. The fourth-order valence-electron chi connectivity index (χ4n) is 3.27. The Morgan fingerprint density at radius 3 is 1.41 bits per heavy atom. The van der Waals surface area contributed by atoms with Crippen molar-refractivity contribution >= 4 is 9.84 Å². The predicted octanol–water partition coefficient (Wildman–Crippen LogP) is 9.97. The molecule has 0 atom stereocenters. The van der Waals surface area contributed by atoms with Gasteiger partial charge in [0, 0.05) is 0 Å². The van der Waals surface area contributed by atoms with Gasteiger partial charge < -0.3 is 9.84 Å². The Morgan fingerprint density at radius 1 is 0.564 bits per heavy atom. The van der Waals surface area contributed by atoms with Gasteiger partial charge in [0.2, 0.25) is 9.84 Å². The van der Waals surface area contributed by atoms with Gasteiger partial charge in [0.25, 0.3) is 0 Å². The van der Waals surface area contributed by atoms with Gasteiger partial charge >= 0.3 is 0 Å². The Bertz CT molecular complexity index is 1280. The van der Waals surface area contributed by atoms with Crippen molar-refractivity contribution in [1.82, 2.24) is 0 Å². The maximum atomic E-state index is 13.2. The first-order valence-electron chi connectivity index (χ1n) is 13.3. The van der Waals surface area contributed by atoms with Crippen LogP contribution >= 0.6 is 0 Å². The molecule has 1 N–H and O–H groups in total.